The highest BCUT2D eigenvalue weighted by molar-refractivity contribution is 6.23. The van der Waals surface area contributed by atoms with Crippen LogP contribution in [0.15, 0.2) is 114 Å². The minimum Gasteiger partial charge on any atom is -0.472 e. The number of benzene rings is 5. The van der Waals surface area contributed by atoms with Crippen LogP contribution < -0.4 is 0 Å². The van der Waals surface area contributed by atoms with Gasteiger partial charge in [0.05, 0.1) is 12.5 Å². The summed E-state index contributed by atoms with van der Waals surface area (Å²) in [6.45, 7) is 0. The Balaban J connectivity index is 1.86. The third-order valence-electron chi connectivity index (χ3n) is 5.80. The van der Waals surface area contributed by atoms with Crippen LogP contribution in [0.3, 0.4) is 0 Å². The van der Waals surface area contributed by atoms with Crippen molar-refractivity contribution in [2.24, 2.45) is 0 Å². The van der Waals surface area contributed by atoms with E-state index in [-0.39, 0.29) is 0 Å². The molecule has 1 nitrogen and oxygen atoms in total. The van der Waals surface area contributed by atoms with Crippen molar-refractivity contribution in [3.05, 3.63) is 110 Å². The molecule has 0 radical (unpaired) electrons. The molecule has 0 saturated carbocycles. The summed E-state index contributed by atoms with van der Waals surface area (Å²) < 4.78 is 5.44. The highest BCUT2D eigenvalue weighted by atomic mass is 16.3. The zero-order valence-electron chi connectivity index (χ0n) is 15.8. The zero-order valence-corrected chi connectivity index (χ0v) is 15.8. The summed E-state index contributed by atoms with van der Waals surface area (Å²) in [7, 11) is 0. The Hall–Kier alpha value is -3.84. The molecule has 0 spiro atoms. The van der Waals surface area contributed by atoms with Gasteiger partial charge < -0.3 is 4.42 Å². The van der Waals surface area contributed by atoms with Gasteiger partial charge in [-0.1, -0.05) is 91.0 Å². The van der Waals surface area contributed by atoms with Gasteiger partial charge in [0, 0.05) is 11.1 Å². The van der Waals surface area contributed by atoms with Gasteiger partial charge in [-0.3, -0.25) is 0 Å². The van der Waals surface area contributed by atoms with Crippen molar-refractivity contribution < 1.29 is 4.42 Å². The molecule has 1 heteroatoms. The van der Waals surface area contributed by atoms with Gasteiger partial charge in [-0.15, -0.1) is 0 Å². The van der Waals surface area contributed by atoms with Gasteiger partial charge in [0.2, 0.25) is 0 Å². The van der Waals surface area contributed by atoms with Gasteiger partial charge in [0.1, 0.15) is 0 Å². The number of furan rings is 1. The number of hydrogen-bond acceptors (Lipinski definition) is 1. The van der Waals surface area contributed by atoms with E-state index >= 15 is 0 Å². The summed E-state index contributed by atoms with van der Waals surface area (Å²) >= 11 is 0. The molecule has 0 unspecified atom stereocenters. The van der Waals surface area contributed by atoms with Crippen molar-refractivity contribution in [2.45, 2.75) is 0 Å². The predicted molar refractivity (Wildman–Crippen MR) is 122 cm³/mol. The van der Waals surface area contributed by atoms with E-state index in [0.717, 1.165) is 5.56 Å². The first-order chi connectivity index (χ1) is 14.4. The number of rotatable bonds is 2. The molecule has 0 aliphatic carbocycles. The Morgan fingerprint density at radius 3 is 1.62 bits per heavy atom. The Morgan fingerprint density at radius 2 is 1.00 bits per heavy atom. The third-order valence-corrected chi connectivity index (χ3v) is 5.80. The van der Waals surface area contributed by atoms with Crippen molar-refractivity contribution >= 4 is 32.3 Å². The Bertz CT molecular complexity index is 1430. The fourth-order valence-electron chi connectivity index (χ4n) is 4.58. The van der Waals surface area contributed by atoms with Crippen molar-refractivity contribution in [1.29, 1.82) is 0 Å². The van der Waals surface area contributed by atoms with E-state index < -0.39 is 0 Å². The van der Waals surface area contributed by atoms with Gasteiger partial charge in [-0.25, -0.2) is 0 Å². The first kappa shape index (κ1) is 16.1. The topological polar surface area (TPSA) is 13.1 Å². The van der Waals surface area contributed by atoms with Crippen LogP contribution >= 0.6 is 0 Å². The van der Waals surface area contributed by atoms with Crippen LogP contribution in [0, 0.1) is 0 Å². The molecule has 0 aliphatic rings. The van der Waals surface area contributed by atoms with Gasteiger partial charge >= 0.3 is 0 Å². The summed E-state index contributed by atoms with van der Waals surface area (Å²) in [6.07, 6.45) is 3.59. The smallest absolute Gasteiger partial charge is 0.0981 e. The van der Waals surface area contributed by atoms with Crippen LogP contribution in [0.2, 0.25) is 0 Å². The molecule has 0 bridgehead atoms. The van der Waals surface area contributed by atoms with Gasteiger partial charge in [0.25, 0.3) is 0 Å². The van der Waals surface area contributed by atoms with Crippen LogP contribution in [0.1, 0.15) is 0 Å². The fourth-order valence-corrected chi connectivity index (χ4v) is 4.58. The maximum absolute atomic E-state index is 5.44. The molecule has 6 aromatic rings. The third kappa shape index (κ3) is 2.41. The maximum Gasteiger partial charge on any atom is 0.0981 e. The lowest BCUT2D eigenvalue weighted by atomic mass is 9.85. The van der Waals surface area contributed by atoms with Crippen LogP contribution in [0.4, 0.5) is 0 Å². The lowest BCUT2D eigenvalue weighted by molar-refractivity contribution is 0.568. The Morgan fingerprint density at radius 1 is 0.448 bits per heavy atom. The van der Waals surface area contributed by atoms with E-state index in [1.807, 2.05) is 12.3 Å². The van der Waals surface area contributed by atoms with Crippen LogP contribution in [0.25, 0.3) is 54.6 Å². The van der Waals surface area contributed by atoms with Crippen LogP contribution in [0.5, 0.6) is 0 Å². The average molecular weight is 370 g/mol. The zero-order chi connectivity index (χ0) is 19.2. The largest absolute Gasteiger partial charge is 0.472 e. The molecule has 1 aromatic heterocycles. The lowest BCUT2D eigenvalue weighted by Crippen LogP contribution is -1.90. The van der Waals surface area contributed by atoms with E-state index in [1.165, 1.54) is 49.0 Å². The van der Waals surface area contributed by atoms with E-state index in [9.17, 15) is 0 Å². The molecular formula is C28H18O. The van der Waals surface area contributed by atoms with Crippen LogP contribution in [-0.2, 0) is 0 Å². The number of fused-ring (bicyclic) bond motifs is 3. The second-order valence-electron chi connectivity index (χ2n) is 7.38. The SMILES string of the molecule is c1ccc2c(-c3c4ccccc4c(-c4ccoc4)c4ccccc34)cccc2c1. The van der Waals surface area contributed by atoms with Gasteiger partial charge in [-0.05, 0) is 49.5 Å². The summed E-state index contributed by atoms with van der Waals surface area (Å²) in [5, 5.41) is 7.56. The van der Waals surface area contributed by atoms with E-state index in [2.05, 4.69) is 91.0 Å². The lowest BCUT2D eigenvalue weighted by Gasteiger charge is -2.17. The van der Waals surface area contributed by atoms with Crippen molar-refractivity contribution in [3.63, 3.8) is 0 Å². The molecular weight excluding hydrogens is 352 g/mol. The summed E-state index contributed by atoms with van der Waals surface area (Å²) in [4.78, 5) is 0. The molecule has 0 aliphatic heterocycles. The normalized spacial score (nSPS) is 11.4. The molecule has 0 atom stereocenters. The summed E-state index contributed by atoms with van der Waals surface area (Å²) in [5.74, 6) is 0. The highest BCUT2D eigenvalue weighted by Crippen LogP contribution is 2.45. The van der Waals surface area contributed by atoms with Crippen molar-refractivity contribution in [3.8, 4) is 22.3 Å². The molecule has 6 rings (SSSR count). The number of hydrogen-bond donors (Lipinski definition) is 0. The van der Waals surface area contributed by atoms with E-state index in [1.54, 1.807) is 6.26 Å². The molecule has 1 heterocycles. The van der Waals surface area contributed by atoms with Crippen LogP contribution in [-0.4, -0.2) is 0 Å². The minimum absolute atomic E-state index is 1.11. The molecule has 29 heavy (non-hydrogen) atoms. The monoisotopic (exact) mass is 370 g/mol. The fraction of sp³-hybridized carbons (Fsp3) is 0. The Labute approximate surface area is 168 Å². The first-order valence-electron chi connectivity index (χ1n) is 9.86. The van der Waals surface area contributed by atoms with E-state index in [4.69, 9.17) is 4.42 Å². The summed E-state index contributed by atoms with van der Waals surface area (Å²) in [5.41, 5.74) is 4.91. The second-order valence-corrected chi connectivity index (χ2v) is 7.38. The Kier molecular flexibility index (Phi) is 3.54. The molecule has 0 fully saturated rings. The van der Waals surface area contributed by atoms with Crippen molar-refractivity contribution in [1.82, 2.24) is 0 Å². The van der Waals surface area contributed by atoms with E-state index in [0.29, 0.717) is 0 Å². The standard InChI is InChI=1S/C28H18O/c1-2-10-21-19(8-1)9-7-15-22(21)28-25-13-5-3-11-23(25)27(20-16-17-29-18-20)24-12-4-6-14-26(24)28/h1-18H. The average Bonchev–Trinajstić information content (AvgIpc) is 3.31. The maximum atomic E-state index is 5.44. The molecule has 0 N–H and O–H groups in total. The quantitative estimate of drug-likeness (QED) is 0.281. The molecule has 136 valence electrons. The molecule has 0 amide bonds. The highest BCUT2D eigenvalue weighted by Gasteiger charge is 2.17. The first-order valence-corrected chi connectivity index (χ1v) is 9.86. The van der Waals surface area contributed by atoms with Gasteiger partial charge in [0.15, 0.2) is 0 Å². The molecule has 5 aromatic carbocycles. The minimum atomic E-state index is 1.11. The second kappa shape index (κ2) is 6.35. The van der Waals surface area contributed by atoms with Crippen molar-refractivity contribution in [2.75, 3.05) is 0 Å². The summed E-state index contributed by atoms with van der Waals surface area (Å²) in [6, 6.07) is 34.7. The van der Waals surface area contributed by atoms with Gasteiger partial charge in [-0.2, -0.15) is 0 Å². The molecule has 0 saturated heterocycles. The predicted octanol–water partition coefficient (Wildman–Crippen LogP) is 8.07.